The Hall–Kier alpha value is -2.24. The van der Waals surface area contributed by atoms with Crippen LogP contribution in [0.25, 0.3) is 22.4 Å². The molecule has 0 amide bonds. The highest BCUT2D eigenvalue weighted by molar-refractivity contribution is 5.90. The minimum absolute atomic E-state index is 0.287. The summed E-state index contributed by atoms with van der Waals surface area (Å²) in [5.74, 6) is 2.41. The lowest BCUT2D eigenvalue weighted by atomic mass is 9.83. The van der Waals surface area contributed by atoms with E-state index in [9.17, 15) is 4.39 Å². The molecule has 5 nitrogen and oxygen atoms in total. The number of halogens is 1. The second-order valence-corrected chi connectivity index (χ2v) is 6.77. The van der Waals surface area contributed by atoms with Crippen molar-refractivity contribution in [1.29, 1.82) is 0 Å². The number of aryl methyl sites for hydroxylation is 1. The zero-order valence-corrected chi connectivity index (χ0v) is 14.0. The van der Waals surface area contributed by atoms with Gasteiger partial charge in [0.05, 0.1) is 11.1 Å². The van der Waals surface area contributed by atoms with Crippen molar-refractivity contribution in [3.05, 3.63) is 29.7 Å². The Bertz CT molecular complexity index is 861. The van der Waals surface area contributed by atoms with Crippen LogP contribution in [0, 0.1) is 11.7 Å². The minimum Gasteiger partial charge on any atom is -0.342 e. The first-order valence-corrected chi connectivity index (χ1v) is 8.66. The number of aromatic nitrogens is 4. The molecule has 1 saturated carbocycles. The van der Waals surface area contributed by atoms with Gasteiger partial charge in [0, 0.05) is 12.3 Å². The van der Waals surface area contributed by atoms with Gasteiger partial charge in [-0.05, 0) is 43.7 Å². The molecule has 6 heteroatoms. The van der Waals surface area contributed by atoms with E-state index in [1.54, 1.807) is 6.07 Å². The van der Waals surface area contributed by atoms with Crippen LogP contribution < -0.4 is 0 Å². The van der Waals surface area contributed by atoms with E-state index in [4.69, 9.17) is 4.52 Å². The number of aromatic amines is 1. The molecular formula is C18H21FN4O. The lowest BCUT2D eigenvalue weighted by Gasteiger charge is -2.23. The smallest absolute Gasteiger partial charge is 0.230 e. The van der Waals surface area contributed by atoms with E-state index in [1.165, 1.54) is 18.9 Å². The van der Waals surface area contributed by atoms with Gasteiger partial charge in [0.25, 0.3) is 0 Å². The summed E-state index contributed by atoms with van der Waals surface area (Å²) in [6, 6.07) is 3.12. The fraction of sp³-hybridized carbons (Fsp3) is 0.500. The maximum absolute atomic E-state index is 14.4. The van der Waals surface area contributed by atoms with Crippen LogP contribution in [-0.4, -0.2) is 20.1 Å². The molecule has 0 atom stereocenters. The van der Waals surface area contributed by atoms with E-state index >= 15 is 0 Å². The first kappa shape index (κ1) is 15.3. The van der Waals surface area contributed by atoms with Crippen molar-refractivity contribution >= 4 is 11.0 Å². The van der Waals surface area contributed by atoms with Crippen LogP contribution in [-0.2, 0) is 6.42 Å². The normalized spacial score (nSPS) is 21.5. The average molecular weight is 328 g/mol. The van der Waals surface area contributed by atoms with E-state index in [1.807, 2.05) is 6.92 Å². The summed E-state index contributed by atoms with van der Waals surface area (Å²) in [6.45, 7) is 4.28. The Morgan fingerprint density at radius 1 is 1.21 bits per heavy atom. The van der Waals surface area contributed by atoms with Gasteiger partial charge >= 0.3 is 0 Å². The molecule has 0 bridgehead atoms. The standard InChI is InChI=1S/C18H21FN4O/c1-3-14-20-13-9-8-12(19)15(16(13)21-14)17-22-18(24-23-17)11-6-4-10(2)5-7-11/h8-11H,3-7H2,1-2H3,(H,20,21). The van der Waals surface area contributed by atoms with Crippen molar-refractivity contribution in [3.8, 4) is 11.4 Å². The molecular weight excluding hydrogens is 307 g/mol. The molecule has 0 radical (unpaired) electrons. The van der Waals surface area contributed by atoms with E-state index in [2.05, 4.69) is 27.0 Å². The van der Waals surface area contributed by atoms with Crippen molar-refractivity contribution in [2.75, 3.05) is 0 Å². The molecule has 0 spiro atoms. The SMILES string of the molecule is CCc1nc2c(-c3noc(C4CCC(C)CC4)n3)c(F)ccc2[nH]1. The van der Waals surface area contributed by atoms with Crippen molar-refractivity contribution < 1.29 is 8.91 Å². The summed E-state index contributed by atoms with van der Waals surface area (Å²) in [4.78, 5) is 12.2. The zero-order valence-electron chi connectivity index (χ0n) is 14.0. The number of nitrogens with zero attached hydrogens (tertiary/aromatic N) is 3. The summed E-state index contributed by atoms with van der Waals surface area (Å²) < 4.78 is 19.9. The van der Waals surface area contributed by atoms with Gasteiger partial charge < -0.3 is 9.51 Å². The lowest BCUT2D eigenvalue weighted by molar-refractivity contribution is 0.281. The first-order valence-electron chi connectivity index (χ1n) is 8.66. The van der Waals surface area contributed by atoms with Gasteiger partial charge in [-0.3, -0.25) is 0 Å². The number of rotatable bonds is 3. The third-order valence-corrected chi connectivity index (χ3v) is 5.02. The number of imidazole rings is 1. The zero-order chi connectivity index (χ0) is 16.7. The van der Waals surface area contributed by atoms with Crippen LogP contribution in [0.4, 0.5) is 4.39 Å². The van der Waals surface area contributed by atoms with Crippen LogP contribution in [0.5, 0.6) is 0 Å². The predicted molar refractivity (Wildman–Crippen MR) is 89.1 cm³/mol. The van der Waals surface area contributed by atoms with Crippen LogP contribution in [0.2, 0.25) is 0 Å². The van der Waals surface area contributed by atoms with E-state index in [-0.39, 0.29) is 11.7 Å². The molecule has 0 aliphatic heterocycles. The largest absolute Gasteiger partial charge is 0.342 e. The minimum atomic E-state index is -0.374. The molecule has 2 heterocycles. The lowest BCUT2D eigenvalue weighted by Crippen LogP contribution is -2.11. The van der Waals surface area contributed by atoms with Gasteiger partial charge in [-0.15, -0.1) is 0 Å². The van der Waals surface area contributed by atoms with Gasteiger partial charge in [0.1, 0.15) is 17.2 Å². The molecule has 1 aliphatic rings. The molecule has 0 saturated heterocycles. The van der Waals surface area contributed by atoms with E-state index in [0.717, 1.165) is 36.5 Å². The Morgan fingerprint density at radius 2 is 2.00 bits per heavy atom. The highest BCUT2D eigenvalue weighted by Gasteiger charge is 2.26. The molecule has 1 fully saturated rings. The third kappa shape index (κ3) is 2.60. The molecule has 126 valence electrons. The second kappa shape index (κ2) is 6.00. The first-order chi connectivity index (χ1) is 11.7. The van der Waals surface area contributed by atoms with Crippen LogP contribution in [0.3, 0.4) is 0 Å². The molecule has 1 aliphatic carbocycles. The molecule has 3 aromatic rings. The fourth-order valence-electron chi connectivity index (χ4n) is 3.49. The Kier molecular flexibility index (Phi) is 3.82. The molecule has 2 aromatic heterocycles. The van der Waals surface area contributed by atoms with E-state index < -0.39 is 0 Å². The number of benzene rings is 1. The molecule has 4 rings (SSSR count). The highest BCUT2D eigenvalue weighted by atomic mass is 19.1. The summed E-state index contributed by atoms with van der Waals surface area (Å²) in [5.41, 5.74) is 1.68. The summed E-state index contributed by atoms with van der Waals surface area (Å²) in [6.07, 6.45) is 5.21. The van der Waals surface area contributed by atoms with Crippen LogP contribution in [0.1, 0.15) is 57.2 Å². The monoisotopic (exact) mass is 328 g/mol. The van der Waals surface area contributed by atoms with Gasteiger partial charge in [-0.1, -0.05) is 19.0 Å². The maximum atomic E-state index is 14.4. The average Bonchev–Trinajstić information content (AvgIpc) is 3.22. The number of hydrogen-bond acceptors (Lipinski definition) is 4. The van der Waals surface area contributed by atoms with Crippen molar-refractivity contribution in [2.24, 2.45) is 5.92 Å². The molecule has 0 unspecified atom stereocenters. The molecule has 24 heavy (non-hydrogen) atoms. The van der Waals surface area contributed by atoms with Gasteiger partial charge in [-0.2, -0.15) is 4.98 Å². The molecule has 1 N–H and O–H groups in total. The van der Waals surface area contributed by atoms with Crippen LogP contribution in [0.15, 0.2) is 16.7 Å². The Morgan fingerprint density at radius 3 is 2.75 bits per heavy atom. The van der Waals surface area contributed by atoms with Gasteiger partial charge in [0.15, 0.2) is 0 Å². The predicted octanol–water partition coefficient (Wildman–Crippen LogP) is 4.61. The number of hydrogen-bond donors (Lipinski definition) is 1. The summed E-state index contributed by atoms with van der Waals surface area (Å²) >= 11 is 0. The fourth-order valence-corrected chi connectivity index (χ4v) is 3.49. The maximum Gasteiger partial charge on any atom is 0.230 e. The summed E-state index contributed by atoms with van der Waals surface area (Å²) in [7, 11) is 0. The highest BCUT2D eigenvalue weighted by Crippen LogP contribution is 2.36. The van der Waals surface area contributed by atoms with Crippen molar-refractivity contribution in [3.63, 3.8) is 0 Å². The number of nitrogens with one attached hydrogen (secondary N) is 1. The van der Waals surface area contributed by atoms with Crippen molar-refractivity contribution in [2.45, 2.75) is 51.9 Å². The summed E-state index contributed by atoms with van der Waals surface area (Å²) in [5, 5.41) is 4.05. The van der Waals surface area contributed by atoms with Crippen LogP contribution >= 0.6 is 0 Å². The topological polar surface area (TPSA) is 67.6 Å². The Labute approximate surface area is 139 Å². The third-order valence-electron chi connectivity index (χ3n) is 5.02. The second-order valence-electron chi connectivity index (χ2n) is 6.77. The van der Waals surface area contributed by atoms with Gasteiger partial charge in [-0.25, -0.2) is 9.37 Å². The molecule has 1 aromatic carbocycles. The quantitative estimate of drug-likeness (QED) is 0.762. The Balaban J connectivity index is 1.73. The van der Waals surface area contributed by atoms with E-state index in [0.29, 0.717) is 22.8 Å². The number of fused-ring (bicyclic) bond motifs is 1. The number of H-pyrrole nitrogens is 1. The van der Waals surface area contributed by atoms with Gasteiger partial charge in [0.2, 0.25) is 11.7 Å². The van der Waals surface area contributed by atoms with Crippen molar-refractivity contribution in [1.82, 2.24) is 20.1 Å².